The number of carbonyl (C=O) groups is 2. The molecule has 0 aliphatic carbocycles. The second kappa shape index (κ2) is 8.78. The first-order valence-electron chi connectivity index (χ1n) is 9.67. The molecule has 1 N–H and O–H groups in total. The first kappa shape index (κ1) is 20.3. The highest BCUT2D eigenvalue weighted by atomic mass is 16.5. The molecule has 31 heavy (non-hydrogen) atoms. The predicted octanol–water partition coefficient (Wildman–Crippen LogP) is 2.81. The van der Waals surface area contributed by atoms with Crippen LogP contribution in [0.4, 0.5) is 10.5 Å². The molecule has 0 unspecified atom stereocenters. The van der Waals surface area contributed by atoms with E-state index < -0.39 is 6.03 Å². The first-order valence-corrected chi connectivity index (χ1v) is 9.67. The molecule has 9 nitrogen and oxygen atoms in total. The molecular weight excluding hydrogens is 400 g/mol. The number of rotatable bonds is 6. The highest BCUT2D eigenvalue weighted by molar-refractivity contribution is 6.08. The SMILES string of the molecule is COc1cccc(CN2CCN3C(C(=O)Nc4cccc(OC)c4)=COC3=NC2=O)c1. The van der Waals surface area contributed by atoms with E-state index in [-0.39, 0.29) is 17.6 Å². The number of benzene rings is 2. The number of nitrogens with one attached hydrogen (secondary N) is 1. The summed E-state index contributed by atoms with van der Waals surface area (Å²) >= 11 is 0. The van der Waals surface area contributed by atoms with Crippen molar-refractivity contribution in [2.45, 2.75) is 6.54 Å². The average Bonchev–Trinajstić information content (AvgIpc) is 3.12. The Morgan fingerprint density at radius 3 is 2.61 bits per heavy atom. The summed E-state index contributed by atoms with van der Waals surface area (Å²) in [5.74, 6) is 0.979. The van der Waals surface area contributed by atoms with Crippen LogP contribution in [0.15, 0.2) is 65.5 Å². The van der Waals surface area contributed by atoms with Gasteiger partial charge in [0.25, 0.3) is 5.91 Å². The van der Waals surface area contributed by atoms with Crippen molar-refractivity contribution in [3.05, 3.63) is 66.1 Å². The summed E-state index contributed by atoms with van der Waals surface area (Å²) in [6.45, 7) is 1.11. The number of carbonyl (C=O) groups excluding carboxylic acids is 2. The lowest BCUT2D eigenvalue weighted by atomic mass is 10.2. The van der Waals surface area contributed by atoms with Crippen LogP contribution in [-0.2, 0) is 16.1 Å². The number of hydrogen-bond acceptors (Lipinski definition) is 6. The number of hydrogen-bond donors (Lipinski definition) is 1. The van der Waals surface area contributed by atoms with Crippen LogP contribution in [0.2, 0.25) is 0 Å². The van der Waals surface area contributed by atoms with Crippen molar-refractivity contribution in [1.82, 2.24) is 9.80 Å². The Balaban J connectivity index is 1.45. The molecule has 160 valence electrons. The van der Waals surface area contributed by atoms with Gasteiger partial charge in [0.15, 0.2) is 0 Å². The summed E-state index contributed by atoms with van der Waals surface area (Å²) < 4.78 is 15.8. The maximum atomic E-state index is 12.8. The van der Waals surface area contributed by atoms with Crippen molar-refractivity contribution in [1.29, 1.82) is 0 Å². The highest BCUT2D eigenvalue weighted by Gasteiger charge is 2.33. The van der Waals surface area contributed by atoms with Crippen molar-refractivity contribution in [3.63, 3.8) is 0 Å². The zero-order chi connectivity index (χ0) is 21.8. The molecule has 0 atom stereocenters. The summed E-state index contributed by atoms with van der Waals surface area (Å²) in [7, 11) is 3.15. The molecular formula is C22H22N4O5. The van der Waals surface area contributed by atoms with Gasteiger partial charge >= 0.3 is 12.1 Å². The van der Waals surface area contributed by atoms with E-state index in [0.29, 0.717) is 31.1 Å². The Bertz CT molecular complexity index is 1070. The van der Waals surface area contributed by atoms with Crippen molar-refractivity contribution >= 4 is 23.6 Å². The normalized spacial score (nSPS) is 15.4. The van der Waals surface area contributed by atoms with Gasteiger partial charge in [0.05, 0.1) is 14.2 Å². The Kier molecular flexibility index (Phi) is 5.74. The zero-order valence-electron chi connectivity index (χ0n) is 17.2. The van der Waals surface area contributed by atoms with Crippen LogP contribution in [0.1, 0.15) is 5.56 Å². The summed E-state index contributed by atoms with van der Waals surface area (Å²) in [5.41, 5.74) is 1.78. The minimum Gasteiger partial charge on any atom is -0.497 e. The van der Waals surface area contributed by atoms with Crippen LogP contribution in [0.5, 0.6) is 11.5 Å². The quantitative estimate of drug-likeness (QED) is 0.770. The van der Waals surface area contributed by atoms with Gasteiger partial charge < -0.3 is 24.4 Å². The summed E-state index contributed by atoms with van der Waals surface area (Å²) in [4.78, 5) is 32.7. The minimum absolute atomic E-state index is 0.0916. The van der Waals surface area contributed by atoms with Gasteiger partial charge in [-0.1, -0.05) is 18.2 Å². The average molecular weight is 422 g/mol. The van der Waals surface area contributed by atoms with Gasteiger partial charge in [0.1, 0.15) is 23.5 Å². The Morgan fingerprint density at radius 2 is 1.84 bits per heavy atom. The maximum absolute atomic E-state index is 12.8. The van der Waals surface area contributed by atoms with Crippen LogP contribution in [0.3, 0.4) is 0 Å². The molecule has 4 rings (SSSR count). The number of nitrogens with zero attached hydrogens (tertiary/aromatic N) is 3. The third kappa shape index (κ3) is 4.45. The fourth-order valence-corrected chi connectivity index (χ4v) is 3.32. The summed E-state index contributed by atoms with van der Waals surface area (Å²) in [6, 6.07) is 14.2. The number of aliphatic imine (C=N–C) groups is 1. The lowest BCUT2D eigenvalue weighted by molar-refractivity contribution is -0.113. The number of fused-ring (bicyclic) bond motifs is 1. The minimum atomic E-state index is -0.428. The molecule has 2 aliphatic rings. The molecule has 0 bridgehead atoms. The Hall–Kier alpha value is -4.01. The number of methoxy groups -OCH3 is 2. The van der Waals surface area contributed by atoms with Crippen LogP contribution >= 0.6 is 0 Å². The lowest BCUT2D eigenvalue weighted by Gasteiger charge is -2.21. The van der Waals surface area contributed by atoms with E-state index in [2.05, 4.69) is 10.3 Å². The van der Waals surface area contributed by atoms with E-state index in [1.165, 1.54) is 6.26 Å². The van der Waals surface area contributed by atoms with E-state index in [4.69, 9.17) is 14.2 Å². The molecule has 0 spiro atoms. The Morgan fingerprint density at radius 1 is 1.10 bits per heavy atom. The second-order valence-electron chi connectivity index (χ2n) is 6.91. The van der Waals surface area contributed by atoms with Gasteiger partial charge in [-0.05, 0) is 29.8 Å². The van der Waals surface area contributed by atoms with Gasteiger partial charge in [-0.15, -0.1) is 4.99 Å². The van der Waals surface area contributed by atoms with E-state index in [1.807, 2.05) is 24.3 Å². The second-order valence-corrected chi connectivity index (χ2v) is 6.91. The molecule has 3 amide bonds. The molecule has 2 aliphatic heterocycles. The molecule has 2 aromatic rings. The van der Waals surface area contributed by atoms with Gasteiger partial charge in [0, 0.05) is 31.4 Å². The molecule has 0 saturated carbocycles. The number of ether oxygens (including phenoxy) is 3. The number of urea groups is 1. The largest absolute Gasteiger partial charge is 0.497 e. The maximum Gasteiger partial charge on any atom is 0.348 e. The third-order valence-corrected chi connectivity index (χ3v) is 4.92. The van der Waals surface area contributed by atoms with E-state index in [9.17, 15) is 9.59 Å². The number of amidine groups is 1. The molecule has 9 heteroatoms. The van der Waals surface area contributed by atoms with Gasteiger partial charge in [-0.3, -0.25) is 9.69 Å². The topological polar surface area (TPSA) is 92.7 Å². The molecule has 0 aromatic heterocycles. The van der Waals surface area contributed by atoms with Crippen molar-refractivity contribution < 1.29 is 23.8 Å². The van der Waals surface area contributed by atoms with Crippen molar-refractivity contribution in [2.24, 2.45) is 4.99 Å². The molecule has 2 heterocycles. The number of anilines is 1. The van der Waals surface area contributed by atoms with Crippen LogP contribution in [-0.4, -0.2) is 55.1 Å². The predicted molar refractivity (Wildman–Crippen MR) is 114 cm³/mol. The summed E-state index contributed by atoms with van der Waals surface area (Å²) in [6.07, 6.45) is 1.30. The van der Waals surface area contributed by atoms with E-state index >= 15 is 0 Å². The first-order chi connectivity index (χ1) is 15.1. The fraction of sp³-hybridized carbons (Fsp3) is 0.227. The van der Waals surface area contributed by atoms with Crippen LogP contribution < -0.4 is 14.8 Å². The zero-order valence-corrected chi connectivity index (χ0v) is 17.2. The molecule has 2 aromatic carbocycles. The van der Waals surface area contributed by atoms with Crippen molar-refractivity contribution in [2.75, 3.05) is 32.6 Å². The summed E-state index contributed by atoms with van der Waals surface area (Å²) in [5, 5.41) is 2.81. The van der Waals surface area contributed by atoms with Crippen LogP contribution in [0.25, 0.3) is 0 Å². The third-order valence-electron chi connectivity index (χ3n) is 4.92. The standard InChI is InChI=1S/C22H22N4O5/c1-29-17-7-3-5-15(11-17)13-25-9-10-26-19(14-31-22(26)24-21(25)28)20(27)23-16-6-4-8-18(12-16)30-2/h3-8,11-12,14H,9-10,13H2,1-2H3,(H,23,27). The Labute approximate surface area is 179 Å². The molecule has 0 fully saturated rings. The van der Waals surface area contributed by atoms with E-state index in [1.54, 1.807) is 48.3 Å². The monoisotopic (exact) mass is 422 g/mol. The smallest absolute Gasteiger partial charge is 0.348 e. The highest BCUT2D eigenvalue weighted by Crippen LogP contribution is 2.23. The molecule has 0 radical (unpaired) electrons. The van der Waals surface area contributed by atoms with Crippen LogP contribution in [0, 0.1) is 0 Å². The fourth-order valence-electron chi connectivity index (χ4n) is 3.32. The van der Waals surface area contributed by atoms with Gasteiger partial charge in [-0.2, -0.15) is 0 Å². The molecule has 0 saturated heterocycles. The van der Waals surface area contributed by atoms with Gasteiger partial charge in [0.2, 0.25) is 0 Å². The van der Waals surface area contributed by atoms with Crippen molar-refractivity contribution in [3.8, 4) is 11.5 Å². The number of amides is 3. The lowest BCUT2D eigenvalue weighted by Crippen LogP contribution is -2.36. The van der Waals surface area contributed by atoms with E-state index in [0.717, 1.165) is 11.3 Å². The van der Waals surface area contributed by atoms with Gasteiger partial charge in [-0.25, -0.2) is 4.79 Å².